The number of benzene rings is 1. The van der Waals surface area contributed by atoms with Crippen LogP contribution in [0, 0.1) is 0 Å². The van der Waals surface area contributed by atoms with Crippen molar-refractivity contribution in [1.29, 1.82) is 0 Å². The predicted molar refractivity (Wildman–Crippen MR) is 97.0 cm³/mol. The summed E-state index contributed by atoms with van der Waals surface area (Å²) in [6.45, 7) is 2.24. The molecule has 0 saturated carbocycles. The van der Waals surface area contributed by atoms with E-state index < -0.39 is 0 Å². The molecule has 3 nitrogen and oxygen atoms in total. The fourth-order valence-electron chi connectivity index (χ4n) is 3.40. The Balaban J connectivity index is 1.82. The largest absolute Gasteiger partial charge is 0.338 e. The molecule has 0 radical (unpaired) electrons. The van der Waals surface area contributed by atoms with E-state index in [1.54, 1.807) is 0 Å². The number of aromatic nitrogens is 1. The minimum Gasteiger partial charge on any atom is -0.338 e. The molecule has 0 unspecified atom stereocenters. The van der Waals surface area contributed by atoms with Gasteiger partial charge in [-0.1, -0.05) is 54.6 Å². The number of fused-ring (bicyclic) bond motifs is 1. The van der Waals surface area contributed by atoms with Gasteiger partial charge in [0.05, 0.1) is 11.7 Å². The maximum atomic E-state index is 6.53. The van der Waals surface area contributed by atoms with Crippen LogP contribution in [0.25, 0.3) is 0 Å². The van der Waals surface area contributed by atoms with Crippen molar-refractivity contribution in [1.82, 2.24) is 9.88 Å². The van der Waals surface area contributed by atoms with Gasteiger partial charge < -0.3 is 4.90 Å². The lowest BCUT2D eigenvalue weighted by atomic mass is 9.95. The lowest BCUT2D eigenvalue weighted by Crippen LogP contribution is -2.35. The lowest BCUT2D eigenvalue weighted by Gasteiger charge is -2.32. The molecule has 1 aromatic carbocycles. The van der Waals surface area contributed by atoms with Crippen molar-refractivity contribution in [3.63, 3.8) is 0 Å². The quantitative estimate of drug-likeness (QED) is 0.807. The van der Waals surface area contributed by atoms with Crippen molar-refractivity contribution >= 4 is 28.5 Å². The smallest absolute Gasteiger partial charge is 0.160 e. The topological polar surface area (TPSA) is 28.5 Å². The highest BCUT2D eigenvalue weighted by atomic mass is 35.5. The molecule has 23 heavy (non-hydrogen) atoms. The summed E-state index contributed by atoms with van der Waals surface area (Å²) in [4.78, 5) is 12.0. The van der Waals surface area contributed by atoms with Crippen LogP contribution >= 0.6 is 23.4 Å². The highest BCUT2D eigenvalue weighted by Crippen LogP contribution is 2.49. The summed E-state index contributed by atoms with van der Waals surface area (Å²) in [7, 11) is 0. The molecule has 5 heteroatoms. The van der Waals surface area contributed by atoms with E-state index in [9.17, 15) is 0 Å². The van der Waals surface area contributed by atoms with Gasteiger partial charge in [-0.15, -0.1) is 0 Å². The van der Waals surface area contributed by atoms with Crippen LogP contribution in [0.5, 0.6) is 0 Å². The van der Waals surface area contributed by atoms with E-state index in [4.69, 9.17) is 16.6 Å². The summed E-state index contributed by atoms with van der Waals surface area (Å²) in [6, 6.07) is 14.8. The summed E-state index contributed by atoms with van der Waals surface area (Å²) in [5, 5.41) is 1.94. The average Bonchev–Trinajstić information content (AvgIpc) is 3.15. The number of halogens is 1. The molecule has 3 atom stereocenters. The highest BCUT2D eigenvalue weighted by molar-refractivity contribution is 8.14. The normalized spacial score (nSPS) is 26.3. The van der Waals surface area contributed by atoms with E-state index in [0.29, 0.717) is 6.04 Å². The summed E-state index contributed by atoms with van der Waals surface area (Å²) in [5.74, 6) is 1.10. The first-order valence-corrected chi connectivity index (χ1v) is 9.30. The zero-order valence-corrected chi connectivity index (χ0v) is 14.5. The molecule has 2 aromatic rings. The average molecular weight is 344 g/mol. The van der Waals surface area contributed by atoms with Gasteiger partial charge in [-0.05, 0) is 30.2 Å². The first kappa shape index (κ1) is 15.0. The molecular weight excluding hydrogens is 326 g/mol. The summed E-state index contributed by atoms with van der Waals surface area (Å²) in [6.07, 6.45) is 2.95. The monoisotopic (exact) mass is 343 g/mol. The Morgan fingerprint density at radius 3 is 2.78 bits per heavy atom. The number of pyridine rings is 1. The third-order valence-electron chi connectivity index (χ3n) is 4.55. The fourth-order valence-corrected chi connectivity index (χ4v) is 4.99. The van der Waals surface area contributed by atoms with Crippen LogP contribution in [0.1, 0.15) is 36.7 Å². The Morgan fingerprint density at radius 1 is 1.22 bits per heavy atom. The van der Waals surface area contributed by atoms with Crippen molar-refractivity contribution in [2.45, 2.75) is 31.5 Å². The number of hydrogen-bond donors (Lipinski definition) is 0. The van der Waals surface area contributed by atoms with Gasteiger partial charge in [0.2, 0.25) is 0 Å². The maximum absolute atomic E-state index is 6.53. The Bertz CT molecular complexity index is 734. The van der Waals surface area contributed by atoms with Crippen molar-refractivity contribution in [2.75, 3.05) is 5.75 Å². The number of hydrogen-bond acceptors (Lipinski definition) is 4. The van der Waals surface area contributed by atoms with E-state index in [2.05, 4.69) is 35.0 Å². The number of rotatable bonds is 3. The van der Waals surface area contributed by atoms with Gasteiger partial charge in [-0.2, -0.15) is 0 Å². The van der Waals surface area contributed by atoms with E-state index in [-0.39, 0.29) is 12.1 Å². The second kappa shape index (κ2) is 6.17. The van der Waals surface area contributed by atoms with Gasteiger partial charge in [-0.3, -0.25) is 9.98 Å². The van der Waals surface area contributed by atoms with Crippen molar-refractivity contribution in [3.05, 3.63) is 64.9 Å². The molecular formula is C18H18ClN3S. The van der Waals surface area contributed by atoms with E-state index in [1.807, 2.05) is 42.2 Å². The lowest BCUT2D eigenvalue weighted by molar-refractivity contribution is 0.255. The van der Waals surface area contributed by atoms with E-state index in [0.717, 1.165) is 33.6 Å². The van der Waals surface area contributed by atoms with E-state index >= 15 is 0 Å². The van der Waals surface area contributed by atoms with Crippen molar-refractivity contribution in [3.8, 4) is 0 Å². The Morgan fingerprint density at radius 2 is 2.04 bits per heavy atom. The molecule has 0 bridgehead atoms. The Hall–Kier alpha value is -1.52. The minimum absolute atomic E-state index is 0.00736. The fraction of sp³-hybridized carbons (Fsp3) is 0.333. The highest BCUT2D eigenvalue weighted by Gasteiger charge is 2.45. The van der Waals surface area contributed by atoms with Gasteiger partial charge >= 0.3 is 0 Å². The summed E-state index contributed by atoms with van der Waals surface area (Å²) < 4.78 is 0. The molecule has 0 spiro atoms. The molecule has 4 rings (SSSR count). The zero-order chi connectivity index (χ0) is 15.8. The van der Waals surface area contributed by atoms with E-state index in [1.165, 1.54) is 0 Å². The Labute approximate surface area is 145 Å². The van der Waals surface area contributed by atoms with Crippen LogP contribution < -0.4 is 0 Å². The summed E-state index contributed by atoms with van der Waals surface area (Å²) >= 11 is 8.39. The molecule has 1 saturated heterocycles. The van der Waals surface area contributed by atoms with Crippen LogP contribution in [-0.2, 0) is 0 Å². The molecule has 1 aromatic heterocycles. The van der Waals surface area contributed by atoms with Gasteiger partial charge in [0.25, 0.3) is 0 Å². The predicted octanol–water partition coefficient (Wildman–Crippen LogP) is 4.71. The molecule has 0 N–H and O–H groups in total. The van der Waals surface area contributed by atoms with Gasteiger partial charge in [0.1, 0.15) is 6.04 Å². The van der Waals surface area contributed by atoms with Crippen molar-refractivity contribution in [2.24, 2.45) is 4.99 Å². The first-order valence-electron chi connectivity index (χ1n) is 7.94. The van der Waals surface area contributed by atoms with Crippen LogP contribution in [0.4, 0.5) is 0 Å². The second-order valence-corrected chi connectivity index (χ2v) is 7.25. The molecule has 0 aliphatic carbocycles. The van der Waals surface area contributed by atoms with Crippen molar-refractivity contribution < 1.29 is 0 Å². The van der Waals surface area contributed by atoms with Gasteiger partial charge in [0, 0.05) is 23.0 Å². The third kappa shape index (κ3) is 2.54. The zero-order valence-electron chi connectivity index (χ0n) is 12.9. The van der Waals surface area contributed by atoms with Crippen LogP contribution in [-0.4, -0.2) is 26.8 Å². The Kier molecular flexibility index (Phi) is 4.04. The molecule has 2 aliphatic heterocycles. The molecule has 3 heterocycles. The van der Waals surface area contributed by atoms with Gasteiger partial charge in [0.15, 0.2) is 5.17 Å². The molecule has 118 valence electrons. The number of nitrogens with zero attached hydrogens (tertiary/aromatic N) is 3. The molecule has 2 aliphatic rings. The van der Waals surface area contributed by atoms with Crippen LogP contribution in [0.3, 0.4) is 0 Å². The minimum atomic E-state index is 0.00736. The third-order valence-corrected chi connectivity index (χ3v) is 6.02. The number of aliphatic imine (C=N–C) groups is 1. The first-order chi connectivity index (χ1) is 11.3. The van der Waals surface area contributed by atoms with Crippen LogP contribution in [0.2, 0.25) is 5.02 Å². The molecule has 1 fully saturated rings. The SMILES string of the molecule is CC[C@@H]1CSC2=N[C@@H](c3ccccn3)[C@H](c3ccccc3Cl)N21. The molecule has 0 amide bonds. The standard InChI is InChI=1S/C18H18ClN3S/c1-2-12-11-23-18-21-16(15-9-5-6-10-20-15)17(22(12)18)13-7-3-4-8-14(13)19/h3-10,12,16-17H,2,11H2,1H3/t12-,16+,17+/m1/s1. The number of amidine groups is 1. The van der Waals surface area contributed by atoms with Crippen LogP contribution in [0.15, 0.2) is 53.7 Å². The van der Waals surface area contributed by atoms with Gasteiger partial charge in [-0.25, -0.2) is 0 Å². The number of thioether (sulfide) groups is 1. The summed E-state index contributed by atoms with van der Waals surface area (Å²) in [5.41, 5.74) is 2.15. The second-order valence-electron chi connectivity index (χ2n) is 5.86. The maximum Gasteiger partial charge on any atom is 0.160 e.